The Morgan fingerprint density at radius 2 is 1.89 bits per heavy atom. The maximum atomic E-state index is 14.1. The van der Waals surface area contributed by atoms with Crippen molar-refractivity contribution in [1.82, 2.24) is 15.2 Å². The number of pyridine rings is 1. The largest absolute Gasteiger partial charge is 0.465 e. The molecular formula is C26H31F3N4O3. The number of amides is 2. The highest BCUT2D eigenvalue weighted by Gasteiger charge is 2.48. The van der Waals surface area contributed by atoms with Crippen LogP contribution in [0.3, 0.4) is 0 Å². The van der Waals surface area contributed by atoms with Crippen LogP contribution in [0.2, 0.25) is 0 Å². The van der Waals surface area contributed by atoms with Crippen LogP contribution < -0.4 is 10.6 Å². The molecule has 1 unspecified atom stereocenters. The van der Waals surface area contributed by atoms with Crippen molar-refractivity contribution in [2.45, 2.75) is 69.2 Å². The Balaban J connectivity index is 1.48. The van der Waals surface area contributed by atoms with Crippen molar-refractivity contribution in [3.8, 4) is 0 Å². The van der Waals surface area contributed by atoms with E-state index < -0.39 is 36.2 Å². The number of alkyl halides is 3. The van der Waals surface area contributed by atoms with Gasteiger partial charge in [-0.3, -0.25) is 9.78 Å². The van der Waals surface area contributed by atoms with E-state index >= 15 is 0 Å². The van der Waals surface area contributed by atoms with Crippen molar-refractivity contribution in [2.75, 3.05) is 12.4 Å². The van der Waals surface area contributed by atoms with Gasteiger partial charge in [0.1, 0.15) is 0 Å². The third kappa shape index (κ3) is 5.12. The van der Waals surface area contributed by atoms with Crippen molar-refractivity contribution in [3.63, 3.8) is 0 Å². The summed E-state index contributed by atoms with van der Waals surface area (Å²) in [5, 5.41) is 14.6. The molecule has 0 spiro atoms. The molecule has 0 radical (unpaired) electrons. The Morgan fingerprint density at radius 1 is 1.17 bits per heavy atom. The summed E-state index contributed by atoms with van der Waals surface area (Å²) < 4.78 is 42.3. The Kier molecular flexibility index (Phi) is 6.90. The standard InChI is InChI=1S/C26H31F3N4O3/c1-25(2)19-7-5-4-6-15(19)13-21(25)31-18-10-11-20(30-14-18)22(26(27,28)29)33(3)23(34)16-8-9-17(12-16)32-24(35)36/h4-7,10-11,14,16-17,21-22,31-32H,8-9,12-13H2,1-3H3,(H,35,36)/t16-,17+,21?,22-/m0/s1. The molecule has 1 aromatic carbocycles. The summed E-state index contributed by atoms with van der Waals surface area (Å²) in [5.74, 6) is -1.34. The number of anilines is 1. The Morgan fingerprint density at radius 3 is 2.50 bits per heavy atom. The average molecular weight is 505 g/mol. The smallest absolute Gasteiger partial charge is 0.414 e. The summed E-state index contributed by atoms with van der Waals surface area (Å²) in [5.41, 5.74) is 2.67. The molecule has 3 N–H and O–H groups in total. The number of benzene rings is 1. The van der Waals surface area contributed by atoms with Crippen LogP contribution in [0.15, 0.2) is 42.6 Å². The Labute approximate surface area is 208 Å². The predicted octanol–water partition coefficient (Wildman–Crippen LogP) is 4.89. The number of aromatic nitrogens is 1. The Hall–Kier alpha value is -3.30. The first-order chi connectivity index (χ1) is 16.9. The molecule has 1 aromatic heterocycles. The quantitative estimate of drug-likeness (QED) is 0.521. The summed E-state index contributed by atoms with van der Waals surface area (Å²) in [6, 6.07) is 8.49. The molecule has 7 nitrogen and oxygen atoms in total. The number of hydrogen-bond donors (Lipinski definition) is 3. The summed E-state index contributed by atoms with van der Waals surface area (Å²) in [7, 11) is 1.13. The summed E-state index contributed by atoms with van der Waals surface area (Å²) in [6.45, 7) is 4.27. The highest BCUT2D eigenvalue weighted by Crippen LogP contribution is 2.41. The third-order valence-corrected chi connectivity index (χ3v) is 7.57. The fourth-order valence-corrected chi connectivity index (χ4v) is 5.59. The van der Waals surface area contributed by atoms with Gasteiger partial charge in [0.25, 0.3) is 0 Å². The van der Waals surface area contributed by atoms with Gasteiger partial charge in [-0.1, -0.05) is 38.1 Å². The molecule has 4 rings (SSSR count). The number of halogens is 3. The fraction of sp³-hybridized carbons (Fsp3) is 0.500. The number of nitrogens with zero attached hydrogens (tertiary/aromatic N) is 2. The normalized spacial score (nSPS) is 23.6. The van der Waals surface area contributed by atoms with Gasteiger partial charge in [0, 0.05) is 30.5 Å². The van der Waals surface area contributed by atoms with Gasteiger partial charge in [0.05, 0.1) is 17.6 Å². The van der Waals surface area contributed by atoms with Gasteiger partial charge in [0.2, 0.25) is 5.91 Å². The zero-order valence-corrected chi connectivity index (χ0v) is 20.5. The van der Waals surface area contributed by atoms with Crippen LogP contribution in [-0.2, 0) is 16.6 Å². The first-order valence-corrected chi connectivity index (χ1v) is 12.0. The van der Waals surface area contributed by atoms with Crippen LogP contribution in [0.4, 0.5) is 23.7 Å². The number of carbonyl (C=O) groups is 2. The SMILES string of the molecule is CN(C(=O)[C@H]1CC[C@@H](NC(=O)O)C1)[C@@H](c1ccc(NC2Cc3ccccc3C2(C)C)cn1)C(F)(F)F. The average Bonchev–Trinajstić information content (AvgIpc) is 3.35. The van der Waals surface area contributed by atoms with E-state index in [1.165, 1.54) is 23.4 Å². The molecule has 194 valence electrons. The third-order valence-electron chi connectivity index (χ3n) is 7.57. The molecule has 4 atom stereocenters. The molecule has 2 amide bonds. The van der Waals surface area contributed by atoms with E-state index in [-0.39, 0.29) is 23.6 Å². The van der Waals surface area contributed by atoms with Crippen LogP contribution in [0.25, 0.3) is 0 Å². The van der Waals surface area contributed by atoms with E-state index in [1.807, 2.05) is 12.1 Å². The van der Waals surface area contributed by atoms with Crippen molar-refractivity contribution in [1.29, 1.82) is 0 Å². The van der Waals surface area contributed by atoms with Gasteiger partial charge in [-0.05, 0) is 48.9 Å². The number of nitrogens with one attached hydrogen (secondary N) is 2. The zero-order chi connectivity index (χ0) is 26.3. The summed E-state index contributed by atoms with van der Waals surface area (Å²) in [6.07, 6.45) is -2.84. The van der Waals surface area contributed by atoms with Crippen molar-refractivity contribution in [3.05, 3.63) is 59.4 Å². The lowest BCUT2D eigenvalue weighted by Gasteiger charge is -2.32. The maximum Gasteiger partial charge on any atom is 0.414 e. The molecular weight excluding hydrogens is 473 g/mol. The lowest BCUT2D eigenvalue weighted by Crippen LogP contribution is -2.43. The molecule has 0 saturated heterocycles. The van der Waals surface area contributed by atoms with E-state index in [0.717, 1.165) is 13.5 Å². The molecule has 36 heavy (non-hydrogen) atoms. The molecule has 0 aliphatic heterocycles. The fourth-order valence-electron chi connectivity index (χ4n) is 5.59. The number of carbonyl (C=O) groups excluding carboxylic acids is 1. The first-order valence-electron chi connectivity index (χ1n) is 12.0. The minimum Gasteiger partial charge on any atom is -0.465 e. The minimum atomic E-state index is -4.72. The molecule has 2 aliphatic rings. The van der Waals surface area contributed by atoms with Crippen LogP contribution >= 0.6 is 0 Å². The molecule has 1 fully saturated rings. The predicted molar refractivity (Wildman–Crippen MR) is 129 cm³/mol. The highest BCUT2D eigenvalue weighted by atomic mass is 19.4. The van der Waals surface area contributed by atoms with E-state index in [9.17, 15) is 22.8 Å². The number of rotatable bonds is 6. The van der Waals surface area contributed by atoms with Crippen LogP contribution in [-0.4, -0.2) is 52.3 Å². The molecule has 10 heteroatoms. The second kappa shape index (κ2) is 9.63. The van der Waals surface area contributed by atoms with Crippen molar-refractivity contribution >= 4 is 17.7 Å². The lowest BCUT2D eigenvalue weighted by atomic mass is 9.83. The van der Waals surface area contributed by atoms with Crippen molar-refractivity contribution < 1.29 is 27.9 Å². The molecule has 0 bridgehead atoms. The van der Waals surface area contributed by atoms with Crippen LogP contribution in [0.1, 0.15) is 56.0 Å². The van der Waals surface area contributed by atoms with Gasteiger partial charge in [-0.15, -0.1) is 0 Å². The highest BCUT2D eigenvalue weighted by molar-refractivity contribution is 5.79. The molecule has 1 heterocycles. The second-order valence-electron chi connectivity index (χ2n) is 10.3. The van der Waals surface area contributed by atoms with Gasteiger partial charge < -0.3 is 20.6 Å². The monoisotopic (exact) mass is 504 g/mol. The van der Waals surface area contributed by atoms with E-state index in [4.69, 9.17) is 5.11 Å². The van der Waals surface area contributed by atoms with Gasteiger partial charge in [0.15, 0.2) is 6.04 Å². The molecule has 1 saturated carbocycles. The first kappa shape index (κ1) is 25.8. The van der Waals surface area contributed by atoms with Crippen LogP contribution in [0.5, 0.6) is 0 Å². The van der Waals surface area contributed by atoms with E-state index in [2.05, 4.69) is 41.6 Å². The van der Waals surface area contributed by atoms with E-state index in [0.29, 0.717) is 23.4 Å². The van der Waals surface area contributed by atoms with Gasteiger partial charge >= 0.3 is 12.3 Å². The molecule has 2 aliphatic carbocycles. The van der Waals surface area contributed by atoms with E-state index in [1.54, 1.807) is 6.07 Å². The minimum absolute atomic E-state index is 0.0555. The second-order valence-corrected chi connectivity index (χ2v) is 10.3. The Bertz CT molecular complexity index is 1120. The van der Waals surface area contributed by atoms with Crippen molar-refractivity contribution in [2.24, 2.45) is 5.92 Å². The zero-order valence-electron chi connectivity index (χ0n) is 20.5. The summed E-state index contributed by atoms with van der Waals surface area (Å²) in [4.78, 5) is 28.6. The number of carboxylic acid groups (broad SMARTS) is 1. The number of fused-ring (bicyclic) bond motifs is 1. The maximum absolute atomic E-state index is 14.1. The van der Waals surface area contributed by atoms with Gasteiger partial charge in [-0.25, -0.2) is 4.79 Å². The lowest BCUT2D eigenvalue weighted by molar-refractivity contribution is -0.191. The topological polar surface area (TPSA) is 94.6 Å². The van der Waals surface area contributed by atoms with Crippen LogP contribution in [0, 0.1) is 5.92 Å². The molecule has 2 aromatic rings. The number of hydrogen-bond acceptors (Lipinski definition) is 4. The summed E-state index contributed by atoms with van der Waals surface area (Å²) >= 11 is 0. The van der Waals surface area contributed by atoms with Gasteiger partial charge in [-0.2, -0.15) is 13.2 Å².